The predicted octanol–water partition coefficient (Wildman–Crippen LogP) is 2.15. The van der Waals surface area contributed by atoms with Gasteiger partial charge in [0.2, 0.25) is 0 Å². The van der Waals surface area contributed by atoms with Gasteiger partial charge in [-0.05, 0) is 38.8 Å². The molecule has 70 valence electrons. The van der Waals surface area contributed by atoms with Gasteiger partial charge in [0.25, 0.3) is 0 Å². The van der Waals surface area contributed by atoms with Gasteiger partial charge in [0, 0.05) is 11.6 Å². The molecule has 0 aromatic carbocycles. The first-order chi connectivity index (χ1) is 6.07. The van der Waals surface area contributed by atoms with Gasteiger partial charge in [0.1, 0.15) is 0 Å². The lowest BCUT2D eigenvalue weighted by molar-refractivity contribution is 0.532. The summed E-state index contributed by atoms with van der Waals surface area (Å²) in [6, 6.07) is 6.17. The van der Waals surface area contributed by atoms with E-state index in [4.69, 9.17) is 5.73 Å². The Balaban J connectivity index is 2.32. The second-order valence-electron chi connectivity index (χ2n) is 4.44. The van der Waals surface area contributed by atoms with Crippen LogP contribution in [0.25, 0.3) is 0 Å². The number of rotatable bonds is 2. The monoisotopic (exact) mass is 176 g/mol. The van der Waals surface area contributed by atoms with Gasteiger partial charge >= 0.3 is 0 Å². The minimum absolute atomic E-state index is 0.315. The van der Waals surface area contributed by atoms with E-state index in [1.165, 1.54) is 18.5 Å². The van der Waals surface area contributed by atoms with Crippen LogP contribution < -0.4 is 5.73 Å². The van der Waals surface area contributed by atoms with Crippen LogP contribution >= 0.6 is 0 Å². The van der Waals surface area contributed by atoms with Gasteiger partial charge in [-0.25, -0.2) is 0 Å². The Morgan fingerprint density at radius 2 is 2.08 bits per heavy atom. The van der Waals surface area contributed by atoms with E-state index in [2.05, 4.69) is 17.1 Å². The lowest BCUT2D eigenvalue weighted by atomic mass is 10.0. The molecule has 1 aliphatic carbocycles. The lowest BCUT2D eigenvalue weighted by Gasteiger charge is -2.18. The van der Waals surface area contributed by atoms with Gasteiger partial charge in [-0.3, -0.25) is 4.98 Å². The van der Waals surface area contributed by atoms with Crippen LogP contribution in [0.4, 0.5) is 0 Å². The highest BCUT2D eigenvalue weighted by Crippen LogP contribution is 2.39. The SMILES string of the molecule is CC(C)(N)c1cccc(C2CC2)n1. The Bertz CT molecular complexity index is 308. The number of aromatic nitrogens is 1. The van der Waals surface area contributed by atoms with E-state index in [-0.39, 0.29) is 5.54 Å². The fourth-order valence-corrected chi connectivity index (χ4v) is 1.42. The predicted molar refractivity (Wildman–Crippen MR) is 53.4 cm³/mol. The van der Waals surface area contributed by atoms with Gasteiger partial charge < -0.3 is 5.73 Å². The second kappa shape index (κ2) is 2.81. The minimum Gasteiger partial charge on any atom is -0.321 e. The van der Waals surface area contributed by atoms with Gasteiger partial charge in [-0.2, -0.15) is 0 Å². The van der Waals surface area contributed by atoms with Crippen LogP contribution in [0.5, 0.6) is 0 Å². The lowest BCUT2D eigenvalue weighted by Crippen LogP contribution is -2.30. The molecule has 0 atom stereocenters. The molecule has 0 bridgehead atoms. The van der Waals surface area contributed by atoms with Crippen molar-refractivity contribution in [1.82, 2.24) is 4.98 Å². The molecule has 1 aromatic heterocycles. The van der Waals surface area contributed by atoms with E-state index in [0.717, 1.165) is 5.69 Å². The van der Waals surface area contributed by atoms with Crippen molar-refractivity contribution >= 4 is 0 Å². The summed E-state index contributed by atoms with van der Waals surface area (Å²) in [4.78, 5) is 4.58. The Kier molecular flexibility index (Phi) is 1.88. The Labute approximate surface area is 79.2 Å². The molecule has 2 N–H and O–H groups in total. The molecule has 0 amide bonds. The summed E-state index contributed by atoms with van der Waals surface area (Å²) >= 11 is 0. The molecule has 1 saturated carbocycles. The summed E-state index contributed by atoms with van der Waals surface area (Å²) in [5, 5.41) is 0. The molecule has 1 aromatic rings. The third kappa shape index (κ3) is 1.89. The van der Waals surface area contributed by atoms with Crippen LogP contribution in [0.1, 0.15) is 44.0 Å². The van der Waals surface area contributed by atoms with Crippen molar-refractivity contribution in [2.75, 3.05) is 0 Å². The maximum atomic E-state index is 5.98. The number of hydrogen-bond donors (Lipinski definition) is 1. The zero-order valence-corrected chi connectivity index (χ0v) is 8.25. The molecule has 0 saturated heterocycles. The molecular formula is C11H16N2. The maximum Gasteiger partial charge on any atom is 0.0600 e. The fraction of sp³-hybridized carbons (Fsp3) is 0.545. The van der Waals surface area contributed by atoms with Crippen molar-refractivity contribution < 1.29 is 0 Å². The number of nitrogens with two attached hydrogens (primary N) is 1. The number of nitrogens with zero attached hydrogens (tertiary/aromatic N) is 1. The summed E-state index contributed by atoms with van der Waals surface area (Å²) < 4.78 is 0. The molecule has 1 fully saturated rings. The molecule has 13 heavy (non-hydrogen) atoms. The largest absolute Gasteiger partial charge is 0.321 e. The highest BCUT2D eigenvalue weighted by molar-refractivity contribution is 5.21. The topological polar surface area (TPSA) is 38.9 Å². The average Bonchev–Trinajstić information content (AvgIpc) is 2.85. The molecule has 2 heteroatoms. The second-order valence-corrected chi connectivity index (χ2v) is 4.44. The Hall–Kier alpha value is -0.890. The minimum atomic E-state index is -0.315. The standard InChI is InChI=1S/C11H16N2/c1-11(2,12)10-5-3-4-9(13-10)8-6-7-8/h3-5,8H,6-7,12H2,1-2H3. The molecule has 0 aliphatic heterocycles. The summed E-state index contributed by atoms with van der Waals surface area (Å²) in [5.41, 5.74) is 7.88. The van der Waals surface area contributed by atoms with E-state index >= 15 is 0 Å². The van der Waals surface area contributed by atoms with Crippen LogP contribution in [0, 0.1) is 0 Å². The maximum absolute atomic E-state index is 5.98. The molecule has 0 unspecified atom stereocenters. The van der Waals surface area contributed by atoms with Crippen molar-refractivity contribution in [3.8, 4) is 0 Å². The number of hydrogen-bond acceptors (Lipinski definition) is 2. The van der Waals surface area contributed by atoms with Gasteiger partial charge in [0.05, 0.1) is 11.2 Å². The van der Waals surface area contributed by atoms with Crippen LogP contribution in [0.3, 0.4) is 0 Å². The highest BCUT2D eigenvalue weighted by atomic mass is 14.8. The normalized spacial score (nSPS) is 17.5. The van der Waals surface area contributed by atoms with E-state index in [1.54, 1.807) is 0 Å². The fourth-order valence-electron chi connectivity index (χ4n) is 1.42. The highest BCUT2D eigenvalue weighted by Gasteiger charge is 2.26. The summed E-state index contributed by atoms with van der Waals surface area (Å²) in [5.74, 6) is 0.710. The van der Waals surface area contributed by atoms with Crippen molar-refractivity contribution in [2.24, 2.45) is 5.73 Å². The zero-order chi connectivity index (χ0) is 9.47. The first-order valence-corrected chi connectivity index (χ1v) is 4.84. The van der Waals surface area contributed by atoms with Crippen molar-refractivity contribution in [3.63, 3.8) is 0 Å². The Morgan fingerprint density at radius 1 is 1.38 bits per heavy atom. The van der Waals surface area contributed by atoms with Gasteiger partial charge in [-0.15, -0.1) is 0 Å². The summed E-state index contributed by atoms with van der Waals surface area (Å²) in [7, 11) is 0. The molecular weight excluding hydrogens is 160 g/mol. The molecule has 2 nitrogen and oxygen atoms in total. The van der Waals surface area contributed by atoms with Crippen molar-refractivity contribution in [3.05, 3.63) is 29.6 Å². The van der Waals surface area contributed by atoms with Crippen molar-refractivity contribution in [1.29, 1.82) is 0 Å². The van der Waals surface area contributed by atoms with E-state index in [9.17, 15) is 0 Å². The van der Waals surface area contributed by atoms with E-state index < -0.39 is 0 Å². The first-order valence-electron chi connectivity index (χ1n) is 4.84. The van der Waals surface area contributed by atoms with E-state index in [1.807, 2.05) is 19.9 Å². The smallest absolute Gasteiger partial charge is 0.0600 e. The average molecular weight is 176 g/mol. The Morgan fingerprint density at radius 3 is 2.62 bits per heavy atom. The van der Waals surface area contributed by atoms with E-state index in [0.29, 0.717) is 5.92 Å². The third-order valence-electron chi connectivity index (χ3n) is 2.43. The molecule has 0 spiro atoms. The van der Waals surface area contributed by atoms with Crippen LogP contribution in [0.2, 0.25) is 0 Å². The summed E-state index contributed by atoms with van der Waals surface area (Å²) in [6.07, 6.45) is 2.59. The third-order valence-corrected chi connectivity index (χ3v) is 2.43. The van der Waals surface area contributed by atoms with Crippen molar-refractivity contribution in [2.45, 2.75) is 38.1 Å². The van der Waals surface area contributed by atoms with Crippen LogP contribution in [-0.4, -0.2) is 4.98 Å². The number of pyridine rings is 1. The molecule has 1 aliphatic rings. The zero-order valence-electron chi connectivity index (χ0n) is 8.25. The first kappa shape index (κ1) is 8.70. The van der Waals surface area contributed by atoms with Crippen LogP contribution in [-0.2, 0) is 5.54 Å². The molecule has 2 rings (SSSR count). The molecule has 0 radical (unpaired) electrons. The quantitative estimate of drug-likeness (QED) is 0.750. The molecule has 1 heterocycles. The van der Waals surface area contributed by atoms with Crippen LogP contribution in [0.15, 0.2) is 18.2 Å². The van der Waals surface area contributed by atoms with Gasteiger partial charge in [-0.1, -0.05) is 6.07 Å². The summed E-state index contributed by atoms with van der Waals surface area (Å²) in [6.45, 7) is 3.98. The van der Waals surface area contributed by atoms with Gasteiger partial charge in [0.15, 0.2) is 0 Å².